The summed E-state index contributed by atoms with van der Waals surface area (Å²) in [5, 5.41) is 1.10. The van der Waals surface area contributed by atoms with Gasteiger partial charge in [0.15, 0.2) is 0 Å². The Balaban J connectivity index is 1.27. The molecule has 0 unspecified atom stereocenters. The van der Waals surface area contributed by atoms with Crippen molar-refractivity contribution in [2.75, 3.05) is 16.9 Å². The molecule has 0 spiro atoms. The van der Waals surface area contributed by atoms with Gasteiger partial charge in [-0.25, -0.2) is 4.39 Å². The van der Waals surface area contributed by atoms with Crippen molar-refractivity contribution in [3.05, 3.63) is 88.2 Å². The maximum atomic E-state index is 13.1. The molecule has 1 saturated heterocycles. The van der Waals surface area contributed by atoms with Crippen molar-refractivity contribution in [1.29, 1.82) is 0 Å². The van der Waals surface area contributed by atoms with Crippen molar-refractivity contribution in [3.8, 4) is 5.75 Å². The highest BCUT2D eigenvalue weighted by molar-refractivity contribution is 6.35. The van der Waals surface area contributed by atoms with Gasteiger partial charge in [0.1, 0.15) is 18.2 Å². The zero-order valence-corrected chi connectivity index (χ0v) is 18.9. The van der Waals surface area contributed by atoms with Crippen molar-refractivity contribution < 1.29 is 18.7 Å². The van der Waals surface area contributed by atoms with Crippen molar-refractivity contribution >= 4 is 46.4 Å². The number of halogens is 3. The second kappa shape index (κ2) is 10.1. The fourth-order valence-corrected chi connectivity index (χ4v) is 3.89. The lowest BCUT2D eigenvalue weighted by atomic mass is 10.1. The molecule has 1 heterocycles. The molecule has 2 amide bonds. The largest absolute Gasteiger partial charge is 0.489 e. The molecule has 1 aliphatic heterocycles. The Bertz CT molecular complexity index is 1160. The van der Waals surface area contributed by atoms with E-state index in [-0.39, 0.29) is 30.6 Å². The van der Waals surface area contributed by atoms with Crippen LogP contribution in [0.1, 0.15) is 12.0 Å². The number of hydrogen-bond acceptors (Lipinski definition) is 4. The lowest BCUT2D eigenvalue weighted by Gasteiger charge is -2.17. The Morgan fingerprint density at radius 3 is 2.48 bits per heavy atom. The van der Waals surface area contributed by atoms with E-state index in [1.165, 1.54) is 29.2 Å². The van der Waals surface area contributed by atoms with Crippen LogP contribution in [0, 0.1) is 11.7 Å². The Hall–Kier alpha value is -3.29. The van der Waals surface area contributed by atoms with Crippen LogP contribution < -0.4 is 20.5 Å². The third kappa shape index (κ3) is 5.74. The quantitative estimate of drug-likeness (QED) is 0.449. The predicted octanol–water partition coefficient (Wildman–Crippen LogP) is 5.21. The molecule has 1 atom stereocenters. The highest BCUT2D eigenvalue weighted by atomic mass is 35.5. The number of carbonyl (C=O) groups is 2. The minimum absolute atomic E-state index is 0.0882. The maximum absolute atomic E-state index is 13.1. The van der Waals surface area contributed by atoms with E-state index in [4.69, 9.17) is 27.9 Å². The zero-order chi connectivity index (χ0) is 23.4. The van der Waals surface area contributed by atoms with Gasteiger partial charge in [0.05, 0.1) is 11.6 Å². The van der Waals surface area contributed by atoms with Crippen molar-refractivity contribution in [3.63, 3.8) is 0 Å². The fourth-order valence-electron chi connectivity index (χ4n) is 3.42. The Labute approximate surface area is 200 Å². The number of amides is 2. The molecule has 4 rings (SSSR count). The molecular formula is C24H20Cl2FN3O3. The summed E-state index contributed by atoms with van der Waals surface area (Å²) < 4.78 is 18.9. The minimum atomic E-state index is -0.512. The number of hydrazine groups is 1. The Kier molecular flexibility index (Phi) is 7.01. The van der Waals surface area contributed by atoms with Crippen LogP contribution in [0.5, 0.6) is 5.75 Å². The number of rotatable bonds is 7. The van der Waals surface area contributed by atoms with Crippen LogP contribution in [0.15, 0.2) is 66.7 Å². The first kappa shape index (κ1) is 22.9. The van der Waals surface area contributed by atoms with Crippen LogP contribution in [-0.2, 0) is 16.2 Å². The number of nitrogens with zero attached hydrogens (tertiary/aromatic N) is 1. The molecular weight excluding hydrogens is 468 g/mol. The lowest BCUT2D eigenvalue weighted by molar-refractivity contribution is -0.125. The van der Waals surface area contributed by atoms with Crippen molar-refractivity contribution in [2.45, 2.75) is 13.0 Å². The first-order valence-electron chi connectivity index (χ1n) is 10.2. The van der Waals surface area contributed by atoms with Crippen LogP contribution >= 0.6 is 23.2 Å². The molecule has 0 aliphatic carbocycles. The SMILES string of the molecule is O=C(NNc1ccc(OCc2ccc(Cl)cc2Cl)cc1)[C@H]1CC(=O)N(c2ccc(F)cc2)C1. The summed E-state index contributed by atoms with van der Waals surface area (Å²) in [6, 6.07) is 17.9. The van der Waals surface area contributed by atoms with E-state index in [2.05, 4.69) is 10.9 Å². The monoisotopic (exact) mass is 487 g/mol. The maximum Gasteiger partial charge on any atom is 0.243 e. The van der Waals surface area contributed by atoms with Crippen LogP contribution in [0.25, 0.3) is 0 Å². The summed E-state index contributed by atoms with van der Waals surface area (Å²) in [4.78, 5) is 26.3. The summed E-state index contributed by atoms with van der Waals surface area (Å²) >= 11 is 12.0. The van der Waals surface area contributed by atoms with Crippen LogP contribution in [0.2, 0.25) is 10.0 Å². The molecule has 0 bridgehead atoms. The molecule has 0 aromatic heterocycles. The normalized spacial score (nSPS) is 15.4. The minimum Gasteiger partial charge on any atom is -0.489 e. The van der Waals surface area contributed by atoms with E-state index < -0.39 is 5.92 Å². The lowest BCUT2D eigenvalue weighted by Crippen LogP contribution is -2.36. The van der Waals surface area contributed by atoms with E-state index >= 15 is 0 Å². The molecule has 2 N–H and O–H groups in total. The highest BCUT2D eigenvalue weighted by Gasteiger charge is 2.35. The first-order chi connectivity index (χ1) is 15.9. The number of ether oxygens (including phenoxy) is 1. The number of anilines is 2. The fraction of sp³-hybridized carbons (Fsp3) is 0.167. The summed E-state index contributed by atoms with van der Waals surface area (Å²) in [5.74, 6) is -0.736. The smallest absolute Gasteiger partial charge is 0.243 e. The average Bonchev–Trinajstić information content (AvgIpc) is 3.20. The van der Waals surface area contributed by atoms with Gasteiger partial charge in [-0.05, 0) is 60.7 Å². The molecule has 3 aromatic rings. The standard InChI is InChI=1S/C24H20Cl2FN3O3/c25-17-2-1-15(22(26)12-17)14-33-21-9-5-19(6-10-21)28-29-24(32)16-11-23(31)30(13-16)20-7-3-18(27)4-8-20/h1-10,12,16,28H,11,13-14H2,(H,29,32)/t16-/m0/s1. The van der Waals surface area contributed by atoms with Gasteiger partial charge >= 0.3 is 0 Å². The predicted molar refractivity (Wildman–Crippen MR) is 126 cm³/mol. The average molecular weight is 488 g/mol. The second-order valence-electron chi connectivity index (χ2n) is 7.54. The highest BCUT2D eigenvalue weighted by Crippen LogP contribution is 2.26. The van der Waals surface area contributed by atoms with Crippen molar-refractivity contribution in [1.82, 2.24) is 5.43 Å². The van der Waals surface area contributed by atoms with Gasteiger partial charge in [-0.2, -0.15) is 0 Å². The number of carbonyl (C=O) groups excluding carboxylic acids is 2. The van der Waals surface area contributed by atoms with Crippen LogP contribution in [0.4, 0.5) is 15.8 Å². The van der Waals surface area contributed by atoms with Crippen molar-refractivity contribution in [2.24, 2.45) is 5.92 Å². The van der Waals surface area contributed by atoms with Gasteiger partial charge in [-0.15, -0.1) is 0 Å². The van der Waals surface area contributed by atoms with Crippen LogP contribution in [0.3, 0.4) is 0 Å². The van der Waals surface area contributed by atoms with Gasteiger partial charge in [-0.3, -0.25) is 20.4 Å². The Morgan fingerprint density at radius 2 is 1.79 bits per heavy atom. The number of hydrogen-bond donors (Lipinski definition) is 2. The third-order valence-corrected chi connectivity index (χ3v) is 5.81. The first-order valence-corrected chi connectivity index (χ1v) is 10.9. The Morgan fingerprint density at radius 1 is 1.06 bits per heavy atom. The van der Waals surface area contributed by atoms with Gasteiger partial charge in [-0.1, -0.05) is 29.3 Å². The van der Waals surface area contributed by atoms with Gasteiger partial charge in [0.2, 0.25) is 11.8 Å². The molecule has 170 valence electrons. The van der Waals surface area contributed by atoms with Gasteiger partial charge < -0.3 is 9.64 Å². The molecule has 3 aromatic carbocycles. The van der Waals surface area contributed by atoms with Gasteiger partial charge in [0.25, 0.3) is 0 Å². The molecule has 1 fully saturated rings. The van der Waals surface area contributed by atoms with E-state index in [0.29, 0.717) is 33.8 Å². The molecule has 6 nitrogen and oxygen atoms in total. The molecule has 0 radical (unpaired) electrons. The molecule has 1 aliphatic rings. The second-order valence-corrected chi connectivity index (χ2v) is 8.39. The summed E-state index contributed by atoms with van der Waals surface area (Å²) in [7, 11) is 0. The molecule has 0 saturated carbocycles. The van der Waals surface area contributed by atoms with E-state index in [9.17, 15) is 14.0 Å². The van der Waals surface area contributed by atoms with Crippen LogP contribution in [-0.4, -0.2) is 18.4 Å². The van der Waals surface area contributed by atoms with E-state index in [1.807, 2.05) is 0 Å². The summed E-state index contributed by atoms with van der Waals surface area (Å²) in [6.45, 7) is 0.526. The zero-order valence-electron chi connectivity index (χ0n) is 17.4. The third-order valence-electron chi connectivity index (χ3n) is 5.23. The van der Waals surface area contributed by atoms with E-state index in [0.717, 1.165) is 5.56 Å². The summed E-state index contributed by atoms with van der Waals surface area (Å²) in [6.07, 6.45) is 0.0882. The molecule has 9 heteroatoms. The molecule has 33 heavy (non-hydrogen) atoms. The van der Waals surface area contributed by atoms with E-state index in [1.54, 1.807) is 42.5 Å². The van der Waals surface area contributed by atoms with Gasteiger partial charge in [0, 0.05) is 34.3 Å². The number of nitrogens with one attached hydrogen (secondary N) is 2. The summed E-state index contributed by atoms with van der Waals surface area (Å²) in [5.41, 5.74) is 7.52. The topological polar surface area (TPSA) is 70.7 Å². The number of benzene rings is 3.